The van der Waals surface area contributed by atoms with E-state index in [1.165, 1.54) is 5.56 Å². The van der Waals surface area contributed by atoms with E-state index in [9.17, 15) is 4.79 Å². The highest BCUT2D eigenvalue weighted by molar-refractivity contribution is 5.89. The minimum Gasteiger partial charge on any atom is -0.374 e. The molecule has 0 amide bonds. The van der Waals surface area contributed by atoms with Gasteiger partial charge in [0.1, 0.15) is 6.10 Å². The molecule has 92 valence electrons. The van der Waals surface area contributed by atoms with Crippen molar-refractivity contribution in [3.05, 3.63) is 35.9 Å². The molecule has 1 aromatic carbocycles. The van der Waals surface area contributed by atoms with Crippen LogP contribution in [-0.2, 0) is 9.53 Å². The Balaban J connectivity index is 1.96. The summed E-state index contributed by atoms with van der Waals surface area (Å²) in [5.41, 5.74) is 1.29. The number of ether oxygens (including phenoxy) is 1. The van der Waals surface area contributed by atoms with Gasteiger partial charge in [0.15, 0.2) is 5.78 Å². The van der Waals surface area contributed by atoms with Crippen LogP contribution in [0.2, 0.25) is 0 Å². The van der Waals surface area contributed by atoms with Crippen LogP contribution in [0.1, 0.15) is 37.7 Å². The number of carbonyl (C=O) groups is 1. The van der Waals surface area contributed by atoms with E-state index in [1.807, 2.05) is 18.2 Å². The molecule has 0 aromatic heterocycles. The fourth-order valence-corrected chi connectivity index (χ4v) is 2.46. The third kappa shape index (κ3) is 2.75. The first-order chi connectivity index (χ1) is 8.27. The highest BCUT2D eigenvalue weighted by Crippen LogP contribution is 2.48. The molecule has 3 atom stereocenters. The Labute approximate surface area is 103 Å². The number of rotatable bonds is 6. The topological polar surface area (TPSA) is 26.3 Å². The van der Waals surface area contributed by atoms with Crippen LogP contribution in [0.4, 0.5) is 0 Å². The average Bonchev–Trinajstić information content (AvgIpc) is 3.16. The minimum absolute atomic E-state index is 0.189. The summed E-state index contributed by atoms with van der Waals surface area (Å²) in [6.07, 6.45) is 2.63. The number of hydrogen-bond acceptors (Lipinski definition) is 2. The van der Waals surface area contributed by atoms with E-state index in [0.717, 1.165) is 19.3 Å². The SMILES string of the molecule is CCCC(OC)C(=O)C1CC1c1ccccc1. The summed E-state index contributed by atoms with van der Waals surface area (Å²) in [5.74, 6) is 0.912. The highest BCUT2D eigenvalue weighted by Gasteiger charge is 2.45. The van der Waals surface area contributed by atoms with Crippen LogP contribution in [0.3, 0.4) is 0 Å². The van der Waals surface area contributed by atoms with Gasteiger partial charge in [0.25, 0.3) is 0 Å². The zero-order valence-electron chi connectivity index (χ0n) is 10.6. The van der Waals surface area contributed by atoms with Crippen molar-refractivity contribution in [1.29, 1.82) is 0 Å². The van der Waals surface area contributed by atoms with E-state index in [-0.39, 0.29) is 12.0 Å². The quantitative estimate of drug-likeness (QED) is 0.753. The molecule has 2 nitrogen and oxygen atoms in total. The molecule has 0 radical (unpaired) electrons. The van der Waals surface area contributed by atoms with Crippen molar-refractivity contribution < 1.29 is 9.53 Å². The summed E-state index contributed by atoms with van der Waals surface area (Å²) in [4.78, 5) is 12.2. The van der Waals surface area contributed by atoms with Crippen LogP contribution in [-0.4, -0.2) is 19.0 Å². The van der Waals surface area contributed by atoms with E-state index in [0.29, 0.717) is 11.7 Å². The van der Waals surface area contributed by atoms with Crippen LogP contribution < -0.4 is 0 Å². The van der Waals surface area contributed by atoms with Crippen molar-refractivity contribution in [2.24, 2.45) is 5.92 Å². The monoisotopic (exact) mass is 232 g/mol. The predicted molar refractivity (Wildman–Crippen MR) is 68.0 cm³/mol. The van der Waals surface area contributed by atoms with E-state index < -0.39 is 0 Å². The molecule has 2 heteroatoms. The van der Waals surface area contributed by atoms with Gasteiger partial charge in [0, 0.05) is 13.0 Å². The maximum absolute atomic E-state index is 12.2. The van der Waals surface area contributed by atoms with E-state index in [4.69, 9.17) is 4.74 Å². The van der Waals surface area contributed by atoms with Crippen LogP contribution in [0.5, 0.6) is 0 Å². The molecular formula is C15H20O2. The molecule has 1 fully saturated rings. The minimum atomic E-state index is -0.196. The zero-order chi connectivity index (χ0) is 12.3. The van der Waals surface area contributed by atoms with Crippen LogP contribution in [0, 0.1) is 5.92 Å². The van der Waals surface area contributed by atoms with Gasteiger partial charge in [-0.2, -0.15) is 0 Å². The second-order valence-corrected chi connectivity index (χ2v) is 4.77. The Morgan fingerprint density at radius 3 is 2.71 bits per heavy atom. The predicted octanol–water partition coefficient (Wildman–Crippen LogP) is 3.17. The largest absolute Gasteiger partial charge is 0.374 e. The molecule has 1 aromatic rings. The number of methoxy groups -OCH3 is 1. The van der Waals surface area contributed by atoms with E-state index >= 15 is 0 Å². The van der Waals surface area contributed by atoms with Gasteiger partial charge < -0.3 is 4.74 Å². The highest BCUT2D eigenvalue weighted by atomic mass is 16.5. The summed E-state index contributed by atoms with van der Waals surface area (Å²) in [6.45, 7) is 2.08. The van der Waals surface area contributed by atoms with Crippen molar-refractivity contribution in [2.75, 3.05) is 7.11 Å². The van der Waals surface area contributed by atoms with Gasteiger partial charge >= 0.3 is 0 Å². The van der Waals surface area contributed by atoms with E-state index in [2.05, 4.69) is 19.1 Å². The molecule has 0 spiro atoms. The Bertz CT molecular complexity index is 372. The van der Waals surface area contributed by atoms with Crippen LogP contribution in [0.15, 0.2) is 30.3 Å². The third-order valence-electron chi connectivity index (χ3n) is 3.54. The molecule has 0 N–H and O–H groups in total. The standard InChI is InChI=1S/C15H20O2/c1-3-7-14(17-2)15(16)13-10-12(13)11-8-5-4-6-9-11/h4-6,8-9,12-14H,3,7,10H2,1-2H3. The Hall–Kier alpha value is -1.15. The molecule has 2 rings (SSSR count). The second kappa shape index (κ2) is 5.46. The number of ketones is 1. The maximum atomic E-state index is 12.2. The Kier molecular flexibility index (Phi) is 3.95. The summed E-state index contributed by atoms with van der Waals surface area (Å²) >= 11 is 0. The lowest BCUT2D eigenvalue weighted by molar-refractivity contribution is -0.130. The van der Waals surface area contributed by atoms with E-state index in [1.54, 1.807) is 7.11 Å². The first-order valence-electron chi connectivity index (χ1n) is 6.39. The number of hydrogen-bond donors (Lipinski definition) is 0. The van der Waals surface area contributed by atoms with Crippen LogP contribution in [0.25, 0.3) is 0 Å². The number of Topliss-reactive ketones (excluding diaryl/α,β-unsaturated/α-hetero) is 1. The van der Waals surface area contributed by atoms with Crippen molar-refractivity contribution >= 4 is 5.78 Å². The molecule has 1 aliphatic carbocycles. The lowest BCUT2D eigenvalue weighted by Gasteiger charge is -2.12. The summed E-state index contributed by atoms with van der Waals surface area (Å²) in [5, 5.41) is 0. The maximum Gasteiger partial charge on any atom is 0.165 e. The average molecular weight is 232 g/mol. The third-order valence-corrected chi connectivity index (χ3v) is 3.54. The van der Waals surface area contributed by atoms with Gasteiger partial charge in [-0.15, -0.1) is 0 Å². The fourth-order valence-electron chi connectivity index (χ4n) is 2.46. The zero-order valence-corrected chi connectivity index (χ0v) is 10.6. The summed E-state index contributed by atoms with van der Waals surface area (Å²) in [6, 6.07) is 10.3. The van der Waals surface area contributed by atoms with Crippen molar-refractivity contribution in [2.45, 2.75) is 38.2 Å². The van der Waals surface area contributed by atoms with Gasteiger partial charge in [-0.3, -0.25) is 4.79 Å². The van der Waals surface area contributed by atoms with Gasteiger partial charge in [-0.05, 0) is 24.3 Å². The van der Waals surface area contributed by atoms with Crippen molar-refractivity contribution in [1.82, 2.24) is 0 Å². The van der Waals surface area contributed by atoms with Crippen LogP contribution >= 0.6 is 0 Å². The van der Waals surface area contributed by atoms with Gasteiger partial charge in [0.05, 0.1) is 0 Å². The molecule has 17 heavy (non-hydrogen) atoms. The van der Waals surface area contributed by atoms with Crippen molar-refractivity contribution in [3.8, 4) is 0 Å². The Morgan fingerprint density at radius 1 is 1.41 bits per heavy atom. The fraction of sp³-hybridized carbons (Fsp3) is 0.533. The molecule has 0 saturated heterocycles. The molecular weight excluding hydrogens is 212 g/mol. The normalized spacial score (nSPS) is 24.4. The Morgan fingerprint density at radius 2 is 2.12 bits per heavy atom. The number of benzene rings is 1. The van der Waals surface area contributed by atoms with Gasteiger partial charge in [-0.1, -0.05) is 43.7 Å². The second-order valence-electron chi connectivity index (χ2n) is 4.77. The molecule has 0 aliphatic heterocycles. The molecule has 0 bridgehead atoms. The van der Waals surface area contributed by atoms with Gasteiger partial charge in [-0.25, -0.2) is 0 Å². The summed E-state index contributed by atoms with van der Waals surface area (Å²) < 4.78 is 5.29. The number of carbonyl (C=O) groups excluding carboxylic acids is 1. The molecule has 1 aliphatic rings. The first kappa shape index (κ1) is 12.3. The summed E-state index contributed by atoms with van der Waals surface area (Å²) in [7, 11) is 1.64. The lowest BCUT2D eigenvalue weighted by Crippen LogP contribution is -2.24. The first-order valence-corrected chi connectivity index (χ1v) is 6.39. The molecule has 0 heterocycles. The lowest BCUT2D eigenvalue weighted by atomic mass is 10.0. The molecule has 1 saturated carbocycles. The van der Waals surface area contributed by atoms with Gasteiger partial charge in [0.2, 0.25) is 0 Å². The smallest absolute Gasteiger partial charge is 0.165 e. The van der Waals surface area contributed by atoms with Crippen molar-refractivity contribution in [3.63, 3.8) is 0 Å². The molecule has 3 unspecified atom stereocenters.